The molecule has 0 amide bonds. The zero-order valence-corrected chi connectivity index (χ0v) is 14.1. The third-order valence-electron chi connectivity index (χ3n) is 3.01. The van der Waals surface area contributed by atoms with E-state index in [0.717, 1.165) is 29.5 Å². The molecular formula is C17H24N2OS. The Morgan fingerprint density at radius 1 is 1.19 bits per heavy atom. The van der Waals surface area contributed by atoms with Gasteiger partial charge in [-0.05, 0) is 49.6 Å². The van der Waals surface area contributed by atoms with Gasteiger partial charge in [-0.1, -0.05) is 19.9 Å². The maximum atomic E-state index is 5.83. The van der Waals surface area contributed by atoms with Crippen molar-refractivity contribution in [1.29, 1.82) is 0 Å². The first-order chi connectivity index (χ1) is 10.0. The van der Waals surface area contributed by atoms with Crippen LogP contribution in [0.4, 0.5) is 0 Å². The zero-order chi connectivity index (χ0) is 15.2. The van der Waals surface area contributed by atoms with Crippen LogP contribution >= 0.6 is 11.3 Å². The van der Waals surface area contributed by atoms with E-state index in [9.17, 15) is 0 Å². The predicted octanol–water partition coefficient (Wildman–Crippen LogP) is 4.08. The molecular weight excluding hydrogens is 280 g/mol. The number of ether oxygens (including phenoxy) is 1. The van der Waals surface area contributed by atoms with Crippen molar-refractivity contribution in [2.45, 2.75) is 40.8 Å². The summed E-state index contributed by atoms with van der Waals surface area (Å²) in [5.74, 6) is 1.58. The van der Waals surface area contributed by atoms with Crippen molar-refractivity contribution in [2.75, 3.05) is 6.54 Å². The number of aryl methyl sites for hydroxylation is 2. The Kier molecular flexibility index (Phi) is 5.76. The summed E-state index contributed by atoms with van der Waals surface area (Å²) in [6.07, 6.45) is 0. The maximum Gasteiger partial charge on any atom is 0.131 e. The van der Waals surface area contributed by atoms with Gasteiger partial charge in [0.1, 0.15) is 17.4 Å². The van der Waals surface area contributed by atoms with Crippen LogP contribution in [0.3, 0.4) is 0 Å². The fraction of sp³-hybridized carbons (Fsp3) is 0.471. The summed E-state index contributed by atoms with van der Waals surface area (Å²) in [4.78, 5) is 4.60. The normalized spacial score (nSPS) is 11.1. The van der Waals surface area contributed by atoms with Crippen molar-refractivity contribution in [1.82, 2.24) is 10.3 Å². The highest BCUT2D eigenvalue weighted by Gasteiger charge is 2.04. The number of hydrogen-bond donors (Lipinski definition) is 1. The molecule has 0 atom stereocenters. The van der Waals surface area contributed by atoms with E-state index in [4.69, 9.17) is 4.74 Å². The standard InChI is InChI=1S/C17H24N2OS/c1-12(2)8-18-9-17-19-15(11-21-17)10-20-16-6-13(3)5-14(4)7-16/h5-7,11-12,18H,8-10H2,1-4H3. The summed E-state index contributed by atoms with van der Waals surface area (Å²) < 4.78 is 5.83. The Morgan fingerprint density at radius 3 is 2.57 bits per heavy atom. The molecule has 1 N–H and O–H groups in total. The van der Waals surface area contributed by atoms with Gasteiger partial charge >= 0.3 is 0 Å². The van der Waals surface area contributed by atoms with Crippen molar-refractivity contribution >= 4 is 11.3 Å². The molecule has 1 aromatic heterocycles. The van der Waals surface area contributed by atoms with Crippen LogP contribution in [0.1, 0.15) is 35.7 Å². The number of thiazole rings is 1. The molecule has 0 spiro atoms. The van der Waals surface area contributed by atoms with Crippen LogP contribution in [-0.2, 0) is 13.2 Å². The molecule has 21 heavy (non-hydrogen) atoms. The van der Waals surface area contributed by atoms with Gasteiger partial charge in [0.2, 0.25) is 0 Å². The molecule has 0 saturated carbocycles. The summed E-state index contributed by atoms with van der Waals surface area (Å²) in [6.45, 7) is 11.0. The van der Waals surface area contributed by atoms with E-state index in [0.29, 0.717) is 12.5 Å². The lowest BCUT2D eigenvalue weighted by Gasteiger charge is -2.07. The molecule has 4 heteroatoms. The van der Waals surface area contributed by atoms with Crippen molar-refractivity contribution in [3.05, 3.63) is 45.4 Å². The highest BCUT2D eigenvalue weighted by atomic mass is 32.1. The smallest absolute Gasteiger partial charge is 0.131 e. The van der Waals surface area contributed by atoms with Gasteiger partial charge in [0.15, 0.2) is 0 Å². The molecule has 1 aromatic carbocycles. The second kappa shape index (κ2) is 7.57. The van der Waals surface area contributed by atoms with Crippen LogP contribution in [0.5, 0.6) is 5.75 Å². The van der Waals surface area contributed by atoms with Gasteiger partial charge in [-0.2, -0.15) is 0 Å². The van der Waals surface area contributed by atoms with Gasteiger partial charge in [-0.3, -0.25) is 0 Å². The molecule has 0 aliphatic carbocycles. The quantitative estimate of drug-likeness (QED) is 0.837. The number of nitrogens with zero attached hydrogens (tertiary/aromatic N) is 1. The van der Waals surface area contributed by atoms with Crippen LogP contribution in [0, 0.1) is 19.8 Å². The number of rotatable bonds is 7. The summed E-state index contributed by atoms with van der Waals surface area (Å²) >= 11 is 1.69. The topological polar surface area (TPSA) is 34.1 Å². The minimum atomic E-state index is 0.531. The van der Waals surface area contributed by atoms with E-state index in [1.165, 1.54) is 11.1 Å². The number of hydrogen-bond acceptors (Lipinski definition) is 4. The van der Waals surface area contributed by atoms with Crippen molar-refractivity contribution in [3.63, 3.8) is 0 Å². The average Bonchev–Trinajstić information content (AvgIpc) is 2.83. The first-order valence-corrected chi connectivity index (χ1v) is 8.26. The van der Waals surface area contributed by atoms with E-state index in [2.05, 4.69) is 61.6 Å². The fourth-order valence-electron chi connectivity index (χ4n) is 2.14. The van der Waals surface area contributed by atoms with Crippen LogP contribution in [0.15, 0.2) is 23.6 Å². The highest BCUT2D eigenvalue weighted by Crippen LogP contribution is 2.18. The van der Waals surface area contributed by atoms with E-state index < -0.39 is 0 Å². The molecule has 1 heterocycles. The summed E-state index contributed by atoms with van der Waals surface area (Å²) in [5.41, 5.74) is 3.45. The zero-order valence-electron chi connectivity index (χ0n) is 13.3. The summed E-state index contributed by atoms with van der Waals surface area (Å²) in [6, 6.07) is 6.27. The van der Waals surface area contributed by atoms with E-state index in [-0.39, 0.29) is 0 Å². The largest absolute Gasteiger partial charge is 0.487 e. The Morgan fingerprint density at radius 2 is 1.90 bits per heavy atom. The van der Waals surface area contributed by atoms with E-state index in [1.807, 2.05) is 0 Å². The predicted molar refractivity (Wildman–Crippen MR) is 88.9 cm³/mol. The molecule has 0 saturated heterocycles. The van der Waals surface area contributed by atoms with Crippen LogP contribution < -0.4 is 10.1 Å². The average molecular weight is 304 g/mol. The number of aromatic nitrogens is 1. The van der Waals surface area contributed by atoms with Crippen LogP contribution in [0.25, 0.3) is 0 Å². The van der Waals surface area contributed by atoms with Gasteiger partial charge in [0, 0.05) is 11.9 Å². The number of nitrogens with one attached hydrogen (secondary N) is 1. The molecule has 0 aliphatic rings. The Bertz CT molecular complexity index is 558. The molecule has 114 valence electrons. The fourth-order valence-corrected chi connectivity index (χ4v) is 2.89. The van der Waals surface area contributed by atoms with Crippen molar-refractivity contribution in [2.24, 2.45) is 5.92 Å². The Labute approximate surface area is 131 Å². The molecule has 2 aromatic rings. The maximum absolute atomic E-state index is 5.83. The minimum Gasteiger partial charge on any atom is -0.487 e. The SMILES string of the molecule is Cc1cc(C)cc(OCc2csc(CNCC(C)C)n2)c1. The Hall–Kier alpha value is -1.39. The summed E-state index contributed by atoms with van der Waals surface area (Å²) in [7, 11) is 0. The lowest BCUT2D eigenvalue weighted by molar-refractivity contribution is 0.301. The lowest BCUT2D eigenvalue weighted by atomic mass is 10.1. The van der Waals surface area contributed by atoms with Crippen molar-refractivity contribution < 1.29 is 4.74 Å². The number of benzene rings is 1. The molecule has 0 radical (unpaired) electrons. The second-order valence-electron chi connectivity index (χ2n) is 5.87. The lowest BCUT2D eigenvalue weighted by Crippen LogP contribution is -2.18. The first-order valence-electron chi connectivity index (χ1n) is 7.38. The molecule has 0 aliphatic heterocycles. The van der Waals surface area contributed by atoms with Gasteiger partial charge < -0.3 is 10.1 Å². The van der Waals surface area contributed by atoms with E-state index in [1.54, 1.807) is 11.3 Å². The third-order valence-corrected chi connectivity index (χ3v) is 3.91. The highest BCUT2D eigenvalue weighted by molar-refractivity contribution is 7.09. The minimum absolute atomic E-state index is 0.531. The van der Waals surface area contributed by atoms with Crippen LogP contribution in [0.2, 0.25) is 0 Å². The Balaban J connectivity index is 1.85. The van der Waals surface area contributed by atoms with Gasteiger partial charge in [-0.25, -0.2) is 4.98 Å². The first kappa shape index (κ1) is 16.0. The molecule has 3 nitrogen and oxygen atoms in total. The van der Waals surface area contributed by atoms with Gasteiger partial charge in [0.25, 0.3) is 0 Å². The molecule has 0 fully saturated rings. The second-order valence-corrected chi connectivity index (χ2v) is 6.81. The van der Waals surface area contributed by atoms with E-state index >= 15 is 0 Å². The van der Waals surface area contributed by atoms with Crippen molar-refractivity contribution in [3.8, 4) is 5.75 Å². The van der Waals surface area contributed by atoms with Crippen LogP contribution in [-0.4, -0.2) is 11.5 Å². The molecule has 0 bridgehead atoms. The monoisotopic (exact) mass is 304 g/mol. The molecule has 0 unspecified atom stereocenters. The van der Waals surface area contributed by atoms with Gasteiger partial charge in [-0.15, -0.1) is 11.3 Å². The molecule has 2 rings (SSSR count). The summed E-state index contributed by atoms with van der Waals surface area (Å²) in [5, 5.41) is 6.61. The van der Waals surface area contributed by atoms with Gasteiger partial charge in [0.05, 0.1) is 5.69 Å². The third kappa shape index (κ3) is 5.48.